The van der Waals surface area contributed by atoms with E-state index in [-0.39, 0.29) is 12.0 Å². The third-order valence-corrected chi connectivity index (χ3v) is 2.99. The molecule has 0 aliphatic heterocycles. The Morgan fingerprint density at radius 3 is 2.55 bits per heavy atom. The highest BCUT2D eigenvalue weighted by Gasteiger charge is 2.26. The maximum absolute atomic E-state index is 9.47. The Morgan fingerprint density at radius 1 is 1.25 bits per heavy atom. The van der Waals surface area contributed by atoms with Crippen molar-refractivity contribution in [3.63, 3.8) is 0 Å². The van der Waals surface area contributed by atoms with Gasteiger partial charge in [0, 0.05) is 5.41 Å². The smallest absolute Gasteiger partial charge is 0.145 e. The van der Waals surface area contributed by atoms with Crippen LogP contribution >= 0.6 is 0 Å². The number of rotatable bonds is 4. The van der Waals surface area contributed by atoms with E-state index in [0.717, 1.165) is 17.1 Å². The van der Waals surface area contributed by atoms with Crippen LogP contribution in [0.3, 0.4) is 0 Å². The molecule has 5 nitrogen and oxygen atoms in total. The predicted molar refractivity (Wildman–Crippen MR) is 77.2 cm³/mol. The number of ether oxygens (including phenoxy) is 1. The average molecular weight is 275 g/mol. The number of para-hydroxylation sites is 2. The minimum Gasteiger partial charge on any atom is -0.492 e. The fraction of sp³-hybridized carbons (Fsp3) is 0.467. The van der Waals surface area contributed by atoms with Crippen LogP contribution in [0, 0.1) is 0 Å². The first kappa shape index (κ1) is 14.5. The molecule has 20 heavy (non-hydrogen) atoms. The van der Waals surface area contributed by atoms with Crippen molar-refractivity contribution >= 4 is 0 Å². The molecule has 0 unspecified atom stereocenters. The van der Waals surface area contributed by atoms with Gasteiger partial charge in [-0.05, 0) is 19.1 Å². The van der Waals surface area contributed by atoms with Crippen molar-refractivity contribution in [3.05, 3.63) is 35.7 Å². The van der Waals surface area contributed by atoms with Gasteiger partial charge in [0.1, 0.15) is 17.1 Å². The second kappa shape index (κ2) is 5.63. The van der Waals surface area contributed by atoms with Crippen LogP contribution in [0.2, 0.25) is 0 Å². The van der Waals surface area contributed by atoms with Crippen molar-refractivity contribution in [1.82, 2.24) is 15.0 Å². The van der Waals surface area contributed by atoms with Crippen molar-refractivity contribution in [3.8, 4) is 11.4 Å². The predicted octanol–water partition coefficient (Wildman–Crippen LogP) is 2.46. The van der Waals surface area contributed by atoms with E-state index in [1.54, 1.807) is 4.68 Å². The van der Waals surface area contributed by atoms with Crippen LogP contribution in [-0.2, 0) is 12.0 Å². The minimum absolute atomic E-state index is 0.122. The Kier molecular flexibility index (Phi) is 4.09. The van der Waals surface area contributed by atoms with E-state index >= 15 is 0 Å². The van der Waals surface area contributed by atoms with Crippen molar-refractivity contribution in [2.45, 2.75) is 39.7 Å². The molecule has 0 amide bonds. The van der Waals surface area contributed by atoms with Crippen LogP contribution in [0.15, 0.2) is 24.3 Å². The van der Waals surface area contributed by atoms with Gasteiger partial charge in [-0.3, -0.25) is 0 Å². The molecule has 0 spiro atoms. The Morgan fingerprint density at radius 2 is 1.95 bits per heavy atom. The third-order valence-electron chi connectivity index (χ3n) is 2.99. The molecule has 0 aliphatic rings. The molecule has 0 radical (unpaired) electrons. The van der Waals surface area contributed by atoms with Gasteiger partial charge in [0.25, 0.3) is 0 Å². The van der Waals surface area contributed by atoms with Gasteiger partial charge in [-0.25, -0.2) is 4.68 Å². The number of hydrogen-bond donors (Lipinski definition) is 1. The van der Waals surface area contributed by atoms with E-state index in [9.17, 15) is 5.11 Å². The molecule has 0 bridgehead atoms. The lowest BCUT2D eigenvalue weighted by atomic mass is 9.90. The summed E-state index contributed by atoms with van der Waals surface area (Å²) in [4.78, 5) is 0. The Bertz CT molecular complexity index is 585. The monoisotopic (exact) mass is 275 g/mol. The second-order valence-electron chi connectivity index (χ2n) is 5.61. The maximum atomic E-state index is 9.47. The van der Waals surface area contributed by atoms with E-state index in [2.05, 4.69) is 31.1 Å². The molecule has 2 aromatic rings. The lowest BCUT2D eigenvalue weighted by Gasteiger charge is -2.21. The molecule has 0 aliphatic carbocycles. The number of nitrogens with zero attached hydrogens (tertiary/aromatic N) is 3. The molecular formula is C15H21N3O2. The normalized spacial score (nSPS) is 11.7. The summed E-state index contributed by atoms with van der Waals surface area (Å²) in [5.74, 6) is 0.759. The fourth-order valence-electron chi connectivity index (χ4n) is 2.25. The molecule has 0 saturated carbocycles. The van der Waals surface area contributed by atoms with Crippen molar-refractivity contribution in [2.75, 3.05) is 6.61 Å². The zero-order valence-corrected chi connectivity index (χ0v) is 12.4. The fourth-order valence-corrected chi connectivity index (χ4v) is 2.25. The van der Waals surface area contributed by atoms with Gasteiger partial charge < -0.3 is 9.84 Å². The minimum atomic E-state index is -0.180. The molecule has 2 rings (SSSR count). The summed E-state index contributed by atoms with van der Waals surface area (Å²) in [6, 6.07) is 7.71. The van der Waals surface area contributed by atoms with Gasteiger partial charge in [-0.15, -0.1) is 5.10 Å². The summed E-state index contributed by atoms with van der Waals surface area (Å²) in [6.45, 7) is 8.63. The zero-order chi connectivity index (χ0) is 14.8. The van der Waals surface area contributed by atoms with Gasteiger partial charge in [-0.2, -0.15) is 0 Å². The lowest BCUT2D eigenvalue weighted by molar-refractivity contribution is 0.273. The Hall–Kier alpha value is -1.88. The summed E-state index contributed by atoms with van der Waals surface area (Å²) in [6.07, 6.45) is 0. The van der Waals surface area contributed by atoms with E-state index < -0.39 is 0 Å². The quantitative estimate of drug-likeness (QED) is 0.931. The first-order chi connectivity index (χ1) is 9.49. The van der Waals surface area contributed by atoms with E-state index in [4.69, 9.17) is 4.74 Å². The number of aliphatic hydroxyl groups excluding tert-OH is 1. The highest BCUT2D eigenvalue weighted by molar-refractivity contribution is 5.47. The standard InChI is InChI=1S/C15H21N3O2/c1-5-20-13-9-7-6-8-12(13)18-14(15(2,3)4)11(10-19)16-17-18/h6-9,19H,5,10H2,1-4H3. The van der Waals surface area contributed by atoms with Crippen LogP contribution in [0.1, 0.15) is 39.1 Å². The Labute approximate surface area is 119 Å². The molecule has 108 valence electrons. The topological polar surface area (TPSA) is 60.2 Å². The molecule has 0 saturated heterocycles. The molecule has 0 atom stereocenters. The van der Waals surface area contributed by atoms with E-state index in [0.29, 0.717) is 12.3 Å². The van der Waals surface area contributed by atoms with Crippen molar-refractivity contribution in [1.29, 1.82) is 0 Å². The maximum Gasteiger partial charge on any atom is 0.145 e. The van der Waals surface area contributed by atoms with Crippen LogP contribution in [0.5, 0.6) is 5.75 Å². The van der Waals surface area contributed by atoms with Crippen LogP contribution in [0.25, 0.3) is 5.69 Å². The lowest BCUT2D eigenvalue weighted by Crippen LogP contribution is -2.20. The highest BCUT2D eigenvalue weighted by atomic mass is 16.5. The highest BCUT2D eigenvalue weighted by Crippen LogP contribution is 2.30. The first-order valence-electron chi connectivity index (χ1n) is 6.77. The number of benzene rings is 1. The van der Waals surface area contributed by atoms with E-state index in [1.165, 1.54) is 0 Å². The number of aliphatic hydroxyl groups is 1. The zero-order valence-electron chi connectivity index (χ0n) is 12.4. The van der Waals surface area contributed by atoms with E-state index in [1.807, 2.05) is 31.2 Å². The molecule has 1 aromatic heterocycles. The van der Waals surface area contributed by atoms with Crippen molar-refractivity contribution < 1.29 is 9.84 Å². The second-order valence-corrected chi connectivity index (χ2v) is 5.61. The van der Waals surface area contributed by atoms with Crippen LogP contribution in [-0.4, -0.2) is 26.7 Å². The van der Waals surface area contributed by atoms with Gasteiger partial charge >= 0.3 is 0 Å². The van der Waals surface area contributed by atoms with Crippen LogP contribution < -0.4 is 4.74 Å². The average Bonchev–Trinajstić information content (AvgIpc) is 2.83. The molecule has 0 fully saturated rings. The summed E-state index contributed by atoms with van der Waals surface area (Å²) in [5.41, 5.74) is 2.16. The first-order valence-corrected chi connectivity index (χ1v) is 6.77. The van der Waals surface area contributed by atoms with Gasteiger partial charge in [0.2, 0.25) is 0 Å². The summed E-state index contributed by atoms with van der Waals surface area (Å²) < 4.78 is 7.41. The molecule has 1 heterocycles. The molecule has 5 heteroatoms. The SMILES string of the molecule is CCOc1ccccc1-n1nnc(CO)c1C(C)(C)C. The molecular weight excluding hydrogens is 254 g/mol. The molecule has 1 aromatic carbocycles. The summed E-state index contributed by atoms with van der Waals surface area (Å²) in [5, 5.41) is 17.7. The number of aromatic nitrogens is 3. The van der Waals surface area contributed by atoms with Crippen molar-refractivity contribution in [2.24, 2.45) is 0 Å². The van der Waals surface area contributed by atoms with Gasteiger partial charge in [-0.1, -0.05) is 38.1 Å². The Balaban J connectivity index is 2.62. The summed E-state index contributed by atoms with van der Waals surface area (Å²) >= 11 is 0. The third kappa shape index (κ3) is 2.67. The van der Waals surface area contributed by atoms with Gasteiger partial charge in [0.15, 0.2) is 0 Å². The molecule has 1 N–H and O–H groups in total. The largest absolute Gasteiger partial charge is 0.492 e. The number of hydrogen-bond acceptors (Lipinski definition) is 4. The van der Waals surface area contributed by atoms with Crippen LogP contribution in [0.4, 0.5) is 0 Å². The summed E-state index contributed by atoms with van der Waals surface area (Å²) in [7, 11) is 0. The van der Waals surface area contributed by atoms with Gasteiger partial charge in [0.05, 0.1) is 18.9 Å².